The first-order valence-corrected chi connectivity index (χ1v) is 3.52. The van der Waals surface area contributed by atoms with Gasteiger partial charge in [-0.3, -0.25) is 14.4 Å². The molecule has 0 aliphatic rings. The number of amides is 1. The largest absolute Gasteiger partial charge is 0.481 e. The summed E-state index contributed by atoms with van der Waals surface area (Å²) in [7, 11) is 2.80. The zero-order valence-electron chi connectivity index (χ0n) is 7.40. The Morgan fingerprint density at radius 3 is 2.42 bits per heavy atom. The molecular weight excluding hydrogens is 162 g/mol. The van der Waals surface area contributed by atoms with Crippen molar-refractivity contribution in [1.82, 2.24) is 5.06 Å². The number of hydroxylamine groups is 2. The second-order valence-electron chi connectivity index (χ2n) is 2.52. The molecule has 12 heavy (non-hydrogen) atoms. The average Bonchev–Trinajstić information content (AvgIpc) is 2.00. The van der Waals surface area contributed by atoms with Gasteiger partial charge in [-0.1, -0.05) is 6.92 Å². The third-order valence-electron chi connectivity index (χ3n) is 1.49. The van der Waals surface area contributed by atoms with Gasteiger partial charge in [0.15, 0.2) is 0 Å². The number of carbonyl (C=O) groups excluding carboxylic acids is 1. The van der Waals surface area contributed by atoms with E-state index in [-0.39, 0.29) is 12.3 Å². The zero-order chi connectivity index (χ0) is 9.72. The van der Waals surface area contributed by atoms with Gasteiger partial charge in [-0.2, -0.15) is 0 Å². The topological polar surface area (TPSA) is 66.8 Å². The normalized spacial score (nSPS) is 12.2. The maximum absolute atomic E-state index is 11.1. The van der Waals surface area contributed by atoms with Crippen molar-refractivity contribution in [2.24, 2.45) is 5.92 Å². The summed E-state index contributed by atoms with van der Waals surface area (Å²) in [5, 5.41) is 9.40. The zero-order valence-corrected chi connectivity index (χ0v) is 7.40. The SMILES string of the molecule is CON(C)C(=O)C(C)CC(=O)O. The molecule has 0 saturated carbocycles. The molecule has 5 heteroatoms. The Morgan fingerprint density at radius 2 is 2.08 bits per heavy atom. The van der Waals surface area contributed by atoms with Crippen LogP contribution in [-0.4, -0.2) is 36.2 Å². The number of carboxylic acid groups (broad SMARTS) is 1. The minimum atomic E-state index is -0.986. The number of nitrogens with zero attached hydrogens (tertiary/aromatic N) is 1. The molecule has 1 N–H and O–H groups in total. The van der Waals surface area contributed by atoms with Crippen LogP contribution in [0.5, 0.6) is 0 Å². The van der Waals surface area contributed by atoms with Gasteiger partial charge in [0.25, 0.3) is 0 Å². The van der Waals surface area contributed by atoms with Crippen LogP contribution in [0.2, 0.25) is 0 Å². The average molecular weight is 175 g/mol. The fraction of sp³-hybridized carbons (Fsp3) is 0.714. The summed E-state index contributed by atoms with van der Waals surface area (Å²) in [6, 6.07) is 0. The first kappa shape index (κ1) is 10.9. The van der Waals surface area contributed by atoms with E-state index in [0.717, 1.165) is 5.06 Å². The highest BCUT2D eigenvalue weighted by atomic mass is 16.7. The van der Waals surface area contributed by atoms with E-state index in [1.807, 2.05) is 0 Å². The molecule has 0 bridgehead atoms. The molecule has 0 saturated heterocycles. The van der Waals surface area contributed by atoms with Gasteiger partial charge in [-0.15, -0.1) is 0 Å². The molecule has 1 unspecified atom stereocenters. The Hall–Kier alpha value is -1.10. The molecule has 1 atom stereocenters. The number of hydrogen-bond acceptors (Lipinski definition) is 3. The van der Waals surface area contributed by atoms with Crippen LogP contribution in [0.4, 0.5) is 0 Å². The van der Waals surface area contributed by atoms with Gasteiger partial charge < -0.3 is 5.11 Å². The number of carbonyl (C=O) groups is 2. The smallest absolute Gasteiger partial charge is 0.304 e. The quantitative estimate of drug-likeness (QED) is 0.616. The molecule has 0 radical (unpaired) electrons. The highest BCUT2D eigenvalue weighted by Crippen LogP contribution is 2.05. The highest BCUT2D eigenvalue weighted by Gasteiger charge is 2.19. The fourth-order valence-corrected chi connectivity index (χ4v) is 0.750. The van der Waals surface area contributed by atoms with E-state index in [4.69, 9.17) is 5.11 Å². The summed E-state index contributed by atoms with van der Waals surface area (Å²) in [6.07, 6.45) is -0.174. The van der Waals surface area contributed by atoms with Crippen LogP contribution in [0, 0.1) is 5.92 Å². The van der Waals surface area contributed by atoms with E-state index in [9.17, 15) is 9.59 Å². The summed E-state index contributed by atoms with van der Waals surface area (Å²) in [6.45, 7) is 1.55. The predicted octanol–water partition coefficient (Wildman–Crippen LogP) is 0.117. The van der Waals surface area contributed by atoms with E-state index in [2.05, 4.69) is 4.84 Å². The third kappa shape index (κ3) is 3.34. The summed E-state index contributed by atoms with van der Waals surface area (Å²) < 4.78 is 0. The lowest BCUT2D eigenvalue weighted by molar-refractivity contribution is -0.174. The molecule has 0 aliphatic carbocycles. The molecule has 0 fully saturated rings. The Morgan fingerprint density at radius 1 is 1.58 bits per heavy atom. The van der Waals surface area contributed by atoms with Gasteiger partial charge in [-0.25, -0.2) is 5.06 Å². The van der Waals surface area contributed by atoms with Gasteiger partial charge in [0.1, 0.15) is 0 Å². The van der Waals surface area contributed by atoms with Crippen molar-refractivity contribution >= 4 is 11.9 Å². The molecule has 5 nitrogen and oxygen atoms in total. The summed E-state index contributed by atoms with van der Waals surface area (Å²) in [5.74, 6) is -1.87. The molecule has 0 rings (SSSR count). The Kier molecular flexibility index (Phi) is 4.28. The lowest BCUT2D eigenvalue weighted by Crippen LogP contribution is -2.31. The molecule has 0 aromatic rings. The molecule has 1 amide bonds. The van der Waals surface area contributed by atoms with Crippen LogP contribution in [0.25, 0.3) is 0 Å². The van der Waals surface area contributed by atoms with Crippen LogP contribution in [0.15, 0.2) is 0 Å². The van der Waals surface area contributed by atoms with Gasteiger partial charge in [0.05, 0.1) is 13.5 Å². The van der Waals surface area contributed by atoms with Crippen LogP contribution in [0.1, 0.15) is 13.3 Å². The van der Waals surface area contributed by atoms with Gasteiger partial charge in [-0.05, 0) is 0 Å². The lowest BCUT2D eigenvalue weighted by atomic mass is 10.1. The first-order valence-electron chi connectivity index (χ1n) is 3.52. The number of aliphatic carboxylic acids is 1. The highest BCUT2D eigenvalue weighted by molar-refractivity contribution is 5.81. The van der Waals surface area contributed by atoms with Crippen molar-refractivity contribution in [2.75, 3.05) is 14.2 Å². The maximum Gasteiger partial charge on any atom is 0.304 e. The van der Waals surface area contributed by atoms with Crippen LogP contribution in [0.3, 0.4) is 0 Å². The van der Waals surface area contributed by atoms with Gasteiger partial charge in [0.2, 0.25) is 5.91 Å². The molecule has 0 aliphatic heterocycles. The molecule has 70 valence electrons. The van der Waals surface area contributed by atoms with E-state index in [0.29, 0.717) is 0 Å². The number of carboxylic acids is 1. The molecule has 0 heterocycles. The standard InChI is InChI=1S/C7H13NO4/c1-5(4-6(9)10)7(11)8(2)12-3/h5H,4H2,1-3H3,(H,9,10). The van der Waals surface area contributed by atoms with Crippen molar-refractivity contribution in [1.29, 1.82) is 0 Å². The van der Waals surface area contributed by atoms with Crippen LogP contribution < -0.4 is 0 Å². The Bertz CT molecular complexity index is 180. The monoisotopic (exact) mass is 175 g/mol. The minimum Gasteiger partial charge on any atom is -0.481 e. The molecule has 0 spiro atoms. The van der Waals surface area contributed by atoms with Gasteiger partial charge >= 0.3 is 5.97 Å². The van der Waals surface area contributed by atoms with E-state index in [1.54, 1.807) is 6.92 Å². The summed E-state index contributed by atoms with van der Waals surface area (Å²) in [4.78, 5) is 26.0. The van der Waals surface area contributed by atoms with E-state index >= 15 is 0 Å². The number of hydrogen-bond donors (Lipinski definition) is 1. The Labute approximate surface area is 70.9 Å². The van der Waals surface area contributed by atoms with Crippen molar-refractivity contribution in [3.8, 4) is 0 Å². The van der Waals surface area contributed by atoms with Crippen molar-refractivity contribution in [3.05, 3.63) is 0 Å². The fourth-order valence-electron chi connectivity index (χ4n) is 0.750. The Balaban J connectivity index is 4.01. The summed E-state index contributed by atoms with van der Waals surface area (Å²) >= 11 is 0. The van der Waals surface area contributed by atoms with Crippen LogP contribution in [-0.2, 0) is 14.4 Å². The van der Waals surface area contributed by atoms with Crippen molar-refractivity contribution in [3.63, 3.8) is 0 Å². The molecule has 0 aromatic heterocycles. The maximum atomic E-state index is 11.1. The van der Waals surface area contributed by atoms with Crippen molar-refractivity contribution in [2.45, 2.75) is 13.3 Å². The minimum absolute atomic E-state index is 0.174. The number of rotatable bonds is 4. The third-order valence-corrected chi connectivity index (χ3v) is 1.49. The second kappa shape index (κ2) is 4.71. The van der Waals surface area contributed by atoms with Crippen LogP contribution >= 0.6 is 0 Å². The summed E-state index contributed by atoms with van der Waals surface area (Å²) in [5.41, 5.74) is 0. The lowest BCUT2D eigenvalue weighted by Gasteiger charge is -2.17. The molecular formula is C7H13NO4. The first-order chi connectivity index (χ1) is 5.49. The second-order valence-corrected chi connectivity index (χ2v) is 2.52. The van der Waals surface area contributed by atoms with E-state index < -0.39 is 11.9 Å². The molecule has 0 aromatic carbocycles. The van der Waals surface area contributed by atoms with E-state index in [1.165, 1.54) is 14.2 Å². The predicted molar refractivity (Wildman–Crippen MR) is 41.2 cm³/mol. The van der Waals surface area contributed by atoms with Gasteiger partial charge in [0, 0.05) is 13.0 Å². The van der Waals surface area contributed by atoms with Crippen molar-refractivity contribution < 1.29 is 19.5 Å².